The standard InChI is InChI=1S/C14H26N2O2/c1-3-6-13-15-12(4-2)14(17)16(13)9-11-7-5-8-18-10-11/h11-13,15H,3-10H2,1-2H3. The number of hydrogen-bond donors (Lipinski definition) is 1. The Balaban J connectivity index is 1.95. The molecule has 2 saturated heterocycles. The summed E-state index contributed by atoms with van der Waals surface area (Å²) in [4.78, 5) is 14.4. The lowest BCUT2D eigenvalue weighted by Gasteiger charge is -2.30. The third kappa shape index (κ3) is 3.04. The second-order valence-electron chi connectivity index (χ2n) is 5.51. The van der Waals surface area contributed by atoms with Crippen molar-refractivity contribution in [2.45, 2.75) is 58.2 Å². The predicted molar refractivity (Wildman–Crippen MR) is 71.2 cm³/mol. The summed E-state index contributed by atoms with van der Waals surface area (Å²) in [5, 5.41) is 3.47. The summed E-state index contributed by atoms with van der Waals surface area (Å²) < 4.78 is 5.52. The molecule has 0 spiro atoms. The van der Waals surface area contributed by atoms with Crippen molar-refractivity contribution in [2.75, 3.05) is 19.8 Å². The predicted octanol–water partition coefficient (Wildman–Crippen LogP) is 1.75. The van der Waals surface area contributed by atoms with Crippen LogP contribution in [0.1, 0.15) is 46.0 Å². The number of ether oxygens (including phenoxy) is 1. The van der Waals surface area contributed by atoms with Gasteiger partial charge in [0.15, 0.2) is 0 Å². The first kappa shape index (κ1) is 13.8. The molecule has 18 heavy (non-hydrogen) atoms. The molecule has 3 unspecified atom stereocenters. The first-order valence-electron chi connectivity index (χ1n) is 7.40. The van der Waals surface area contributed by atoms with E-state index in [1.165, 1.54) is 6.42 Å². The van der Waals surface area contributed by atoms with Crippen LogP contribution >= 0.6 is 0 Å². The van der Waals surface area contributed by atoms with Gasteiger partial charge in [0.1, 0.15) is 0 Å². The Morgan fingerprint density at radius 3 is 2.89 bits per heavy atom. The molecule has 2 heterocycles. The van der Waals surface area contributed by atoms with E-state index in [4.69, 9.17) is 4.74 Å². The highest BCUT2D eigenvalue weighted by atomic mass is 16.5. The minimum absolute atomic E-state index is 0.0334. The number of hydrogen-bond acceptors (Lipinski definition) is 3. The zero-order valence-electron chi connectivity index (χ0n) is 11.7. The van der Waals surface area contributed by atoms with E-state index in [1.807, 2.05) is 0 Å². The molecule has 2 aliphatic rings. The number of nitrogens with one attached hydrogen (secondary N) is 1. The van der Waals surface area contributed by atoms with E-state index in [0.29, 0.717) is 11.8 Å². The Hall–Kier alpha value is -0.610. The summed E-state index contributed by atoms with van der Waals surface area (Å²) in [6.07, 6.45) is 5.62. The molecule has 104 valence electrons. The number of rotatable bonds is 5. The van der Waals surface area contributed by atoms with Gasteiger partial charge in [-0.3, -0.25) is 10.1 Å². The van der Waals surface area contributed by atoms with Gasteiger partial charge in [-0.1, -0.05) is 20.3 Å². The van der Waals surface area contributed by atoms with Crippen LogP contribution in [0, 0.1) is 5.92 Å². The Morgan fingerprint density at radius 1 is 1.44 bits per heavy atom. The van der Waals surface area contributed by atoms with Crippen molar-refractivity contribution in [3.63, 3.8) is 0 Å². The third-order valence-electron chi connectivity index (χ3n) is 4.03. The molecular weight excluding hydrogens is 228 g/mol. The van der Waals surface area contributed by atoms with Crippen molar-refractivity contribution in [2.24, 2.45) is 5.92 Å². The summed E-state index contributed by atoms with van der Waals surface area (Å²) in [6, 6.07) is 0.0334. The van der Waals surface area contributed by atoms with E-state index in [-0.39, 0.29) is 12.2 Å². The van der Waals surface area contributed by atoms with Gasteiger partial charge in [0.2, 0.25) is 5.91 Å². The number of nitrogens with zero attached hydrogens (tertiary/aromatic N) is 1. The Labute approximate surface area is 110 Å². The lowest BCUT2D eigenvalue weighted by Crippen LogP contribution is -2.42. The second-order valence-corrected chi connectivity index (χ2v) is 5.51. The van der Waals surface area contributed by atoms with Gasteiger partial charge >= 0.3 is 0 Å². The zero-order chi connectivity index (χ0) is 13.0. The van der Waals surface area contributed by atoms with Crippen LogP contribution in [-0.2, 0) is 9.53 Å². The van der Waals surface area contributed by atoms with Crippen molar-refractivity contribution in [1.82, 2.24) is 10.2 Å². The number of amides is 1. The van der Waals surface area contributed by atoms with Crippen LogP contribution < -0.4 is 5.32 Å². The van der Waals surface area contributed by atoms with E-state index in [9.17, 15) is 4.79 Å². The largest absolute Gasteiger partial charge is 0.381 e. The molecule has 3 atom stereocenters. The molecule has 4 heteroatoms. The van der Waals surface area contributed by atoms with Gasteiger partial charge in [0, 0.05) is 19.1 Å². The molecule has 2 aliphatic heterocycles. The second kappa shape index (κ2) is 6.53. The molecule has 0 radical (unpaired) electrons. The molecular formula is C14H26N2O2. The zero-order valence-corrected chi connectivity index (χ0v) is 11.7. The van der Waals surface area contributed by atoms with Crippen molar-refractivity contribution in [3.8, 4) is 0 Å². The SMILES string of the molecule is CCCC1NC(CC)C(=O)N1CC1CCCOC1. The fourth-order valence-electron chi connectivity index (χ4n) is 3.00. The van der Waals surface area contributed by atoms with Gasteiger partial charge in [-0.15, -0.1) is 0 Å². The van der Waals surface area contributed by atoms with Crippen LogP contribution in [0.3, 0.4) is 0 Å². The Morgan fingerprint density at radius 2 is 2.28 bits per heavy atom. The van der Waals surface area contributed by atoms with Crippen LogP contribution in [0.15, 0.2) is 0 Å². The minimum atomic E-state index is 0.0334. The Bertz CT molecular complexity index is 277. The summed E-state index contributed by atoms with van der Waals surface area (Å²) in [5.74, 6) is 0.820. The minimum Gasteiger partial charge on any atom is -0.381 e. The topological polar surface area (TPSA) is 41.6 Å². The molecule has 0 saturated carbocycles. The molecule has 4 nitrogen and oxygen atoms in total. The van der Waals surface area contributed by atoms with Crippen molar-refractivity contribution in [3.05, 3.63) is 0 Å². The van der Waals surface area contributed by atoms with Gasteiger partial charge in [-0.05, 0) is 25.7 Å². The van der Waals surface area contributed by atoms with Crippen LogP contribution in [-0.4, -0.2) is 42.8 Å². The molecule has 1 amide bonds. The van der Waals surface area contributed by atoms with Gasteiger partial charge in [-0.25, -0.2) is 0 Å². The maximum Gasteiger partial charge on any atom is 0.241 e. The lowest BCUT2D eigenvalue weighted by atomic mass is 10.0. The first-order chi connectivity index (χ1) is 8.76. The van der Waals surface area contributed by atoms with E-state index in [0.717, 1.165) is 45.4 Å². The molecule has 0 aromatic carbocycles. The molecule has 2 rings (SSSR count). The molecule has 0 bridgehead atoms. The quantitative estimate of drug-likeness (QED) is 0.812. The van der Waals surface area contributed by atoms with Crippen LogP contribution in [0.25, 0.3) is 0 Å². The fraction of sp³-hybridized carbons (Fsp3) is 0.929. The fourth-order valence-corrected chi connectivity index (χ4v) is 3.00. The normalized spacial score (nSPS) is 33.1. The summed E-state index contributed by atoms with van der Waals surface area (Å²) in [5.41, 5.74) is 0. The third-order valence-corrected chi connectivity index (χ3v) is 4.03. The van der Waals surface area contributed by atoms with Crippen molar-refractivity contribution < 1.29 is 9.53 Å². The molecule has 0 aromatic heterocycles. The number of carbonyl (C=O) groups is 1. The highest BCUT2D eigenvalue weighted by molar-refractivity contribution is 5.84. The molecule has 0 aromatic rings. The highest BCUT2D eigenvalue weighted by Crippen LogP contribution is 2.22. The average Bonchev–Trinajstić information content (AvgIpc) is 2.69. The maximum atomic E-state index is 12.3. The lowest BCUT2D eigenvalue weighted by molar-refractivity contribution is -0.131. The van der Waals surface area contributed by atoms with Gasteiger partial charge < -0.3 is 9.64 Å². The molecule has 0 aliphatic carbocycles. The molecule has 1 N–H and O–H groups in total. The van der Waals surface area contributed by atoms with E-state index < -0.39 is 0 Å². The summed E-state index contributed by atoms with van der Waals surface area (Å²) >= 11 is 0. The molecule has 2 fully saturated rings. The highest BCUT2D eigenvalue weighted by Gasteiger charge is 2.38. The van der Waals surface area contributed by atoms with E-state index in [1.54, 1.807) is 0 Å². The number of carbonyl (C=O) groups excluding carboxylic acids is 1. The summed E-state index contributed by atoms with van der Waals surface area (Å²) in [6.45, 7) is 6.82. The van der Waals surface area contributed by atoms with Crippen molar-refractivity contribution >= 4 is 5.91 Å². The average molecular weight is 254 g/mol. The van der Waals surface area contributed by atoms with E-state index in [2.05, 4.69) is 24.1 Å². The van der Waals surface area contributed by atoms with E-state index >= 15 is 0 Å². The van der Waals surface area contributed by atoms with Gasteiger partial charge in [0.25, 0.3) is 0 Å². The summed E-state index contributed by atoms with van der Waals surface area (Å²) in [7, 11) is 0. The smallest absolute Gasteiger partial charge is 0.241 e. The maximum absolute atomic E-state index is 12.3. The van der Waals surface area contributed by atoms with Crippen LogP contribution in [0.4, 0.5) is 0 Å². The Kier molecular flexibility index (Phi) is 5.01. The monoisotopic (exact) mass is 254 g/mol. The van der Waals surface area contributed by atoms with Gasteiger partial charge in [-0.2, -0.15) is 0 Å². The van der Waals surface area contributed by atoms with Crippen LogP contribution in [0.5, 0.6) is 0 Å². The van der Waals surface area contributed by atoms with Gasteiger partial charge in [0.05, 0.1) is 18.8 Å². The van der Waals surface area contributed by atoms with Crippen LogP contribution in [0.2, 0.25) is 0 Å². The van der Waals surface area contributed by atoms with Crippen molar-refractivity contribution in [1.29, 1.82) is 0 Å². The first-order valence-corrected chi connectivity index (χ1v) is 7.40.